The van der Waals surface area contributed by atoms with Crippen LogP contribution in [0.15, 0.2) is 33.9 Å². The number of benzene rings is 1. The fourth-order valence-corrected chi connectivity index (χ4v) is 3.87. The normalized spacial score (nSPS) is 16.6. The van der Waals surface area contributed by atoms with E-state index < -0.39 is 0 Å². The molecule has 0 bridgehead atoms. The van der Waals surface area contributed by atoms with E-state index >= 15 is 0 Å². The molecule has 0 saturated heterocycles. The topological polar surface area (TPSA) is 68.0 Å². The molecule has 1 heterocycles. The van der Waals surface area contributed by atoms with E-state index in [4.69, 9.17) is 4.42 Å². The molecule has 0 radical (unpaired) electrons. The Morgan fingerprint density at radius 2 is 1.81 bits per heavy atom. The molecule has 1 amide bonds. The van der Waals surface area contributed by atoms with Crippen LogP contribution >= 0.6 is 11.8 Å². The Balaban J connectivity index is 1.54. The molecule has 1 aromatic heterocycles. The SMILES string of the molecule is CC(C)c1ccc(NC(=O)[C@@H](C)Sc2nnc(C3CCCCC3)o2)cc1. The number of hydrogen-bond acceptors (Lipinski definition) is 5. The highest BCUT2D eigenvalue weighted by molar-refractivity contribution is 8.00. The number of thioether (sulfide) groups is 1. The molecule has 1 atom stereocenters. The highest BCUT2D eigenvalue weighted by atomic mass is 32.2. The van der Waals surface area contributed by atoms with Gasteiger partial charge in [-0.3, -0.25) is 4.79 Å². The maximum absolute atomic E-state index is 12.4. The van der Waals surface area contributed by atoms with E-state index in [0.717, 1.165) is 24.4 Å². The van der Waals surface area contributed by atoms with Crippen LogP contribution in [-0.2, 0) is 4.79 Å². The lowest BCUT2D eigenvalue weighted by Gasteiger charge is -2.17. The third-order valence-electron chi connectivity index (χ3n) is 4.87. The van der Waals surface area contributed by atoms with Gasteiger partial charge in [-0.15, -0.1) is 10.2 Å². The first-order chi connectivity index (χ1) is 12.5. The second-order valence-corrected chi connectivity index (χ2v) is 8.56. The number of hydrogen-bond donors (Lipinski definition) is 1. The molecule has 5 nitrogen and oxygen atoms in total. The second kappa shape index (κ2) is 8.71. The molecule has 1 aromatic carbocycles. The molecule has 1 saturated carbocycles. The zero-order chi connectivity index (χ0) is 18.5. The van der Waals surface area contributed by atoms with Crippen LogP contribution in [0, 0.1) is 0 Å². The molecule has 0 spiro atoms. The zero-order valence-electron chi connectivity index (χ0n) is 15.7. The van der Waals surface area contributed by atoms with Gasteiger partial charge in [-0.1, -0.05) is 57.0 Å². The summed E-state index contributed by atoms with van der Waals surface area (Å²) in [4.78, 5) is 12.4. The predicted octanol–water partition coefficient (Wildman–Crippen LogP) is 5.36. The summed E-state index contributed by atoms with van der Waals surface area (Å²) in [5.41, 5.74) is 2.06. The summed E-state index contributed by atoms with van der Waals surface area (Å²) >= 11 is 1.31. The maximum Gasteiger partial charge on any atom is 0.277 e. The lowest BCUT2D eigenvalue weighted by Crippen LogP contribution is -2.22. The number of nitrogens with zero attached hydrogens (tertiary/aromatic N) is 2. The number of aromatic nitrogens is 2. The zero-order valence-corrected chi connectivity index (χ0v) is 16.5. The molecule has 2 aromatic rings. The summed E-state index contributed by atoms with van der Waals surface area (Å²) in [6, 6.07) is 7.98. The second-order valence-electron chi connectivity index (χ2n) is 7.27. The summed E-state index contributed by atoms with van der Waals surface area (Å²) in [6.45, 7) is 6.16. The first kappa shape index (κ1) is 19.0. The van der Waals surface area contributed by atoms with Gasteiger partial charge in [-0.05, 0) is 43.4 Å². The van der Waals surface area contributed by atoms with E-state index in [1.165, 1.54) is 36.6 Å². The van der Waals surface area contributed by atoms with Crippen molar-refractivity contribution in [3.05, 3.63) is 35.7 Å². The minimum absolute atomic E-state index is 0.0651. The minimum atomic E-state index is -0.306. The van der Waals surface area contributed by atoms with Crippen molar-refractivity contribution in [2.24, 2.45) is 0 Å². The van der Waals surface area contributed by atoms with Gasteiger partial charge < -0.3 is 9.73 Å². The fourth-order valence-electron chi connectivity index (χ4n) is 3.18. The van der Waals surface area contributed by atoms with Crippen molar-refractivity contribution in [2.45, 2.75) is 75.2 Å². The number of nitrogens with one attached hydrogen (secondary N) is 1. The Hall–Kier alpha value is -1.82. The summed E-state index contributed by atoms with van der Waals surface area (Å²) in [5, 5.41) is 11.4. The Morgan fingerprint density at radius 1 is 1.12 bits per heavy atom. The Bertz CT molecular complexity index is 721. The van der Waals surface area contributed by atoms with E-state index in [0.29, 0.717) is 17.1 Å². The molecule has 0 aliphatic heterocycles. The highest BCUT2D eigenvalue weighted by Crippen LogP contribution is 2.33. The molecule has 6 heteroatoms. The van der Waals surface area contributed by atoms with Gasteiger partial charge in [0, 0.05) is 11.6 Å². The summed E-state index contributed by atoms with van der Waals surface area (Å²) in [7, 11) is 0. The molecule has 26 heavy (non-hydrogen) atoms. The van der Waals surface area contributed by atoms with E-state index in [1.807, 2.05) is 31.2 Å². The molecule has 1 fully saturated rings. The lowest BCUT2D eigenvalue weighted by molar-refractivity contribution is -0.115. The van der Waals surface area contributed by atoms with Crippen LogP contribution in [0.5, 0.6) is 0 Å². The third-order valence-corrected chi connectivity index (χ3v) is 5.80. The van der Waals surface area contributed by atoms with Crippen molar-refractivity contribution in [3.8, 4) is 0 Å². The number of amides is 1. The van der Waals surface area contributed by atoms with Crippen LogP contribution in [0.1, 0.15) is 76.2 Å². The van der Waals surface area contributed by atoms with Crippen molar-refractivity contribution >= 4 is 23.4 Å². The monoisotopic (exact) mass is 373 g/mol. The molecule has 140 valence electrons. The first-order valence-electron chi connectivity index (χ1n) is 9.44. The van der Waals surface area contributed by atoms with Gasteiger partial charge in [-0.2, -0.15) is 0 Å². The lowest BCUT2D eigenvalue weighted by atomic mass is 9.89. The van der Waals surface area contributed by atoms with Crippen LogP contribution in [0.25, 0.3) is 0 Å². The van der Waals surface area contributed by atoms with Crippen LogP contribution in [0.2, 0.25) is 0 Å². The molecular weight excluding hydrogens is 346 g/mol. The fraction of sp³-hybridized carbons (Fsp3) is 0.550. The minimum Gasteiger partial charge on any atom is -0.416 e. The Kier molecular flexibility index (Phi) is 6.35. The average molecular weight is 374 g/mol. The smallest absolute Gasteiger partial charge is 0.277 e. The van der Waals surface area contributed by atoms with Crippen LogP contribution in [0.3, 0.4) is 0 Å². The van der Waals surface area contributed by atoms with Crippen molar-refractivity contribution in [1.82, 2.24) is 10.2 Å². The largest absolute Gasteiger partial charge is 0.416 e. The number of carbonyl (C=O) groups excluding carboxylic acids is 1. The standard InChI is InChI=1S/C20H27N3O2S/c1-13(2)15-9-11-17(12-10-15)21-18(24)14(3)26-20-23-22-19(25-20)16-7-5-4-6-8-16/h9-14,16H,4-8H2,1-3H3,(H,21,24)/t14-/m1/s1. The van der Waals surface area contributed by atoms with E-state index in [2.05, 4.69) is 29.4 Å². The third kappa shape index (κ3) is 4.87. The quantitative estimate of drug-likeness (QED) is 0.690. The van der Waals surface area contributed by atoms with Gasteiger partial charge in [0.2, 0.25) is 11.8 Å². The first-order valence-corrected chi connectivity index (χ1v) is 10.3. The van der Waals surface area contributed by atoms with E-state index in [-0.39, 0.29) is 11.2 Å². The van der Waals surface area contributed by atoms with Crippen LogP contribution in [0.4, 0.5) is 5.69 Å². The van der Waals surface area contributed by atoms with Crippen molar-refractivity contribution in [2.75, 3.05) is 5.32 Å². The number of anilines is 1. The van der Waals surface area contributed by atoms with Gasteiger partial charge in [0.15, 0.2) is 0 Å². The van der Waals surface area contributed by atoms with E-state index in [9.17, 15) is 4.79 Å². The maximum atomic E-state index is 12.4. The van der Waals surface area contributed by atoms with Crippen molar-refractivity contribution < 1.29 is 9.21 Å². The van der Waals surface area contributed by atoms with Gasteiger partial charge >= 0.3 is 0 Å². The van der Waals surface area contributed by atoms with Gasteiger partial charge in [-0.25, -0.2) is 0 Å². The molecule has 1 N–H and O–H groups in total. The van der Waals surface area contributed by atoms with Gasteiger partial charge in [0.1, 0.15) is 0 Å². The molecule has 1 aliphatic carbocycles. The molecule has 1 aliphatic rings. The van der Waals surface area contributed by atoms with Gasteiger partial charge in [0.05, 0.1) is 5.25 Å². The molecular formula is C20H27N3O2S. The van der Waals surface area contributed by atoms with Crippen LogP contribution in [-0.4, -0.2) is 21.4 Å². The predicted molar refractivity (Wildman–Crippen MR) is 105 cm³/mol. The highest BCUT2D eigenvalue weighted by Gasteiger charge is 2.23. The average Bonchev–Trinajstić information content (AvgIpc) is 3.11. The van der Waals surface area contributed by atoms with Gasteiger partial charge in [0.25, 0.3) is 5.22 Å². The number of carbonyl (C=O) groups is 1. The Labute approximate surface area is 159 Å². The van der Waals surface area contributed by atoms with Crippen LogP contribution < -0.4 is 5.32 Å². The summed E-state index contributed by atoms with van der Waals surface area (Å²) in [6.07, 6.45) is 5.99. The Morgan fingerprint density at radius 3 is 2.46 bits per heavy atom. The summed E-state index contributed by atoms with van der Waals surface area (Å²) < 4.78 is 5.80. The van der Waals surface area contributed by atoms with Crippen molar-refractivity contribution in [3.63, 3.8) is 0 Å². The molecule has 3 rings (SSSR count). The summed E-state index contributed by atoms with van der Waals surface area (Å²) in [5.74, 6) is 1.52. The number of rotatable bonds is 6. The molecule has 0 unspecified atom stereocenters. The van der Waals surface area contributed by atoms with E-state index in [1.54, 1.807) is 0 Å². The van der Waals surface area contributed by atoms with Crippen molar-refractivity contribution in [1.29, 1.82) is 0 Å².